The van der Waals surface area contributed by atoms with E-state index in [-0.39, 0.29) is 23.2 Å². The predicted octanol–water partition coefficient (Wildman–Crippen LogP) is 1.80. The maximum Gasteiger partial charge on any atom is 0.289 e. The van der Waals surface area contributed by atoms with Gasteiger partial charge in [0.2, 0.25) is 12.7 Å². The fourth-order valence-electron chi connectivity index (χ4n) is 2.19. The van der Waals surface area contributed by atoms with Crippen molar-refractivity contribution in [3.63, 3.8) is 0 Å². The molecule has 0 aliphatic heterocycles. The van der Waals surface area contributed by atoms with Crippen LogP contribution in [0.3, 0.4) is 0 Å². The highest BCUT2D eigenvalue weighted by molar-refractivity contribution is 6.05. The van der Waals surface area contributed by atoms with Gasteiger partial charge >= 0.3 is 0 Å². The zero-order valence-electron chi connectivity index (χ0n) is 15.5. The van der Waals surface area contributed by atoms with E-state index in [9.17, 15) is 22.4 Å². The molecule has 30 heavy (non-hydrogen) atoms. The van der Waals surface area contributed by atoms with Crippen molar-refractivity contribution in [1.82, 2.24) is 15.0 Å². The molecule has 6 N–H and O–H groups in total. The second-order valence-corrected chi connectivity index (χ2v) is 5.85. The number of anilines is 2. The van der Waals surface area contributed by atoms with Gasteiger partial charge in [-0.15, -0.1) is 0 Å². The Morgan fingerprint density at radius 3 is 2.67 bits per heavy atom. The molecule has 0 radical (unpaired) electrons. The Labute approximate surface area is 167 Å². The van der Waals surface area contributed by atoms with E-state index in [1.54, 1.807) is 0 Å². The smallest absolute Gasteiger partial charge is 0.289 e. The summed E-state index contributed by atoms with van der Waals surface area (Å²) in [7, 11) is 0. The third-order valence-corrected chi connectivity index (χ3v) is 3.77. The van der Waals surface area contributed by atoms with E-state index in [2.05, 4.69) is 29.7 Å². The fraction of sp³-hybridized carbons (Fsp3) is 0.312. The Bertz CT molecular complexity index is 945. The molecular weight excluding hydrogens is 414 g/mol. The Kier molecular flexibility index (Phi) is 6.92. The van der Waals surface area contributed by atoms with E-state index in [0.29, 0.717) is 0 Å². The number of nitrogens with zero attached hydrogens (tertiary/aromatic N) is 3. The first-order valence-electron chi connectivity index (χ1n) is 8.19. The molecule has 0 aromatic carbocycles. The van der Waals surface area contributed by atoms with Gasteiger partial charge in [-0.3, -0.25) is 10.2 Å². The van der Waals surface area contributed by atoms with E-state index < -0.39 is 48.7 Å². The van der Waals surface area contributed by atoms with Crippen molar-refractivity contribution in [2.45, 2.75) is 18.8 Å². The summed E-state index contributed by atoms with van der Waals surface area (Å²) in [5.74, 6) is -8.28. The van der Waals surface area contributed by atoms with Crippen molar-refractivity contribution in [2.75, 3.05) is 24.5 Å². The summed E-state index contributed by atoms with van der Waals surface area (Å²) in [5, 5.41) is 9.08. The Balaban J connectivity index is 2.22. The van der Waals surface area contributed by atoms with Gasteiger partial charge in [0.05, 0.1) is 17.8 Å². The van der Waals surface area contributed by atoms with E-state index >= 15 is 0 Å². The number of hydrogen-bond acceptors (Lipinski definition) is 8. The summed E-state index contributed by atoms with van der Waals surface area (Å²) in [6, 6.07) is 0.958. The van der Waals surface area contributed by atoms with Crippen molar-refractivity contribution in [3.05, 3.63) is 35.5 Å². The van der Waals surface area contributed by atoms with Crippen molar-refractivity contribution >= 4 is 23.6 Å². The minimum absolute atomic E-state index is 0.252. The summed E-state index contributed by atoms with van der Waals surface area (Å²) in [5.41, 5.74) is 9.42. The van der Waals surface area contributed by atoms with Crippen LogP contribution in [0.1, 0.15) is 29.0 Å². The quantitative estimate of drug-likeness (QED) is 0.279. The molecule has 2 aromatic rings. The molecule has 2 aromatic heterocycles. The molecule has 0 spiro atoms. The number of nitrogen functional groups attached to an aromatic ring is 1. The van der Waals surface area contributed by atoms with Gasteiger partial charge < -0.3 is 26.3 Å². The SMILES string of the molecule is C[C@@H](c1nc(NC(=O)c2ncc(OCF)nc2N)ccc1F)C(F)(F)COC(=N)N. The molecule has 0 bridgehead atoms. The van der Waals surface area contributed by atoms with Crippen LogP contribution in [0.5, 0.6) is 5.88 Å². The number of hydrogen-bond donors (Lipinski definition) is 4. The van der Waals surface area contributed by atoms with E-state index in [1.807, 2.05) is 0 Å². The molecule has 2 heterocycles. The molecule has 1 atom stereocenters. The maximum atomic E-state index is 14.2. The minimum Gasteiger partial charge on any atom is -0.459 e. The van der Waals surface area contributed by atoms with E-state index in [4.69, 9.17) is 16.9 Å². The van der Waals surface area contributed by atoms with Crippen molar-refractivity contribution < 1.29 is 31.8 Å². The molecule has 10 nitrogen and oxygen atoms in total. The number of aromatic nitrogens is 3. The van der Waals surface area contributed by atoms with Gasteiger partial charge in [0, 0.05) is 0 Å². The van der Waals surface area contributed by atoms with Gasteiger partial charge in [0.15, 0.2) is 18.1 Å². The number of rotatable bonds is 8. The molecule has 1 amide bonds. The monoisotopic (exact) mass is 431 g/mol. The lowest BCUT2D eigenvalue weighted by atomic mass is 9.99. The zero-order valence-corrected chi connectivity index (χ0v) is 15.5. The second-order valence-electron chi connectivity index (χ2n) is 5.85. The molecule has 0 aliphatic rings. The topological polar surface area (TPSA) is 162 Å². The number of nitrogens with two attached hydrogens (primary N) is 2. The predicted molar refractivity (Wildman–Crippen MR) is 96.4 cm³/mol. The first-order chi connectivity index (χ1) is 14.0. The fourth-order valence-corrected chi connectivity index (χ4v) is 2.19. The first kappa shape index (κ1) is 22.6. The Hall–Kier alpha value is -3.71. The van der Waals surface area contributed by atoms with Crippen molar-refractivity contribution in [3.8, 4) is 5.88 Å². The molecule has 0 unspecified atom stereocenters. The number of carbonyl (C=O) groups excluding carboxylic acids is 1. The summed E-state index contributed by atoms with van der Waals surface area (Å²) in [4.78, 5) is 23.3. The number of amides is 1. The third-order valence-electron chi connectivity index (χ3n) is 3.77. The van der Waals surface area contributed by atoms with Crippen molar-refractivity contribution in [1.29, 1.82) is 5.41 Å². The largest absolute Gasteiger partial charge is 0.459 e. The number of alkyl halides is 3. The second kappa shape index (κ2) is 9.19. The normalized spacial score (nSPS) is 12.2. The standard InChI is InChI=1S/C16H17F4N7O3/c1-7(16(19,20)5-29-15(22)23)11-8(18)2-3-9(25-11)26-14(28)12-13(21)27-10(4-24-12)30-6-17/h2-4,7H,5-6H2,1H3,(H2,21,27)(H3,22,23)(H,25,26,28)/t7-/m0/s1. The first-order valence-corrected chi connectivity index (χ1v) is 8.19. The Morgan fingerprint density at radius 1 is 1.37 bits per heavy atom. The third kappa shape index (κ3) is 5.42. The number of pyridine rings is 1. The average Bonchev–Trinajstić information content (AvgIpc) is 2.67. The molecular formula is C16H17F4N7O3. The lowest BCUT2D eigenvalue weighted by molar-refractivity contribution is -0.0659. The molecule has 162 valence electrons. The summed E-state index contributed by atoms with van der Waals surface area (Å²) < 4.78 is 63.4. The molecule has 0 fully saturated rings. The van der Waals surface area contributed by atoms with Crippen LogP contribution in [0.2, 0.25) is 0 Å². The van der Waals surface area contributed by atoms with Gasteiger partial charge in [-0.05, 0) is 12.1 Å². The summed E-state index contributed by atoms with van der Waals surface area (Å²) in [6.45, 7) is -1.45. The highest BCUT2D eigenvalue weighted by Gasteiger charge is 2.41. The number of halogens is 4. The highest BCUT2D eigenvalue weighted by atomic mass is 19.3. The van der Waals surface area contributed by atoms with Gasteiger partial charge in [-0.1, -0.05) is 6.92 Å². The Morgan fingerprint density at radius 2 is 2.07 bits per heavy atom. The molecule has 2 rings (SSSR count). The van der Waals surface area contributed by atoms with Gasteiger partial charge in [0.25, 0.3) is 17.9 Å². The lowest BCUT2D eigenvalue weighted by Gasteiger charge is -2.23. The maximum absolute atomic E-state index is 14.2. The van der Waals surface area contributed by atoms with Gasteiger partial charge in [-0.2, -0.15) is 4.98 Å². The van der Waals surface area contributed by atoms with Crippen LogP contribution in [0.4, 0.5) is 29.2 Å². The number of carbonyl (C=O) groups is 1. The van der Waals surface area contributed by atoms with Crippen LogP contribution >= 0.6 is 0 Å². The number of ether oxygens (including phenoxy) is 2. The lowest BCUT2D eigenvalue weighted by Crippen LogP contribution is -2.34. The van der Waals surface area contributed by atoms with E-state index in [0.717, 1.165) is 25.3 Å². The molecule has 0 saturated heterocycles. The van der Waals surface area contributed by atoms with Crippen LogP contribution in [-0.2, 0) is 4.74 Å². The van der Waals surface area contributed by atoms with Crippen molar-refractivity contribution in [2.24, 2.45) is 5.73 Å². The van der Waals surface area contributed by atoms with Crippen LogP contribution in [-0.4, -0.2) is 46.3 Å². The van der Waals surface area contributed by atoms with Gasteiger partial charge in [0.1, 0.15) is 11.6 Å². The van der Waals surface area contributed by atoms with Gasteiger partial charge in [-0.25, -0.2) is 27.5 Å². The van der Waals surface area contributed by atoms with Crippen LogP contribution in [0.15, 0.2) is 18.3 Å². The minimum atomic E-state index is -3.62. The van der Waals surface area contributed by atoms with Crippen LogP contribution < -0.4 is 21.5 Å². The van der Waals surface area contributed by atoms with E-state index in [1.165, 1.54) is 0 Å². The number of nitrogens with one attached hydrogen (secondary N) is 2. The zero-order chi connectivity index (χ0) is 22.5. The molecule has 0 aliphatic carbocycles. The van der Waals surface area contributed by atoms with Crippen LogP contribution in [0, 0.1) is 11.2 Å². The molecule has 14 heteroatoms. The summed E-state index contributed by atoms with van der Waals surface area (Å²) in [6.07, 6.45) is 0.950. The highest BCUT2D eigenvalue weighted by Crippen LogP contribution is 2.34. The van der Waals surface area contributed by atoms with Crippen LogP contribution in [0.25, 0.3) is 0 Å². The molecule has 0 saturated carbocycles. The number of amidine groups is 1. The summed E-state index contributed by atoms with van der Waals surface area (Å²) >= 11 is 0. The average molecular weight is 431 g/mol.